The van der Waals surface area contributed by atoms with E-state index in [0.717, 1.165) is 29.0 Å². The Kier molecular flexibility index (Phi) is 7.42. The minimum Gasteiger partial charge on any atom is -0.494 e. The zero-order valence-corrected chi connectivity index (χ0v) is 22.8. The van der Waals surface area contributed by atoms with Crippen LogP contribution < -0.4 is 15.4 Å². The molecule has 0 radical (unpaired) electrons. The van der Waals surface area contributed by atoms with E-state index in [-0.39, 0.29) is 36.1 Å². The van der Waals surface area contributed by atoms with Gasteiger partial charge in [-0.25, -0.2) is 0 Å². The Hall–Kier alpha value is -3.04. The molecule has 1 spiro atoms. The third-order valence-electron chi connectivity index (χ3n) is 7.99. The number of thioether (sulfide) groups is 1. The molecular weight excluding hydrogens is 502 g/mol. The van der Waals surface area contributed by atoms with Crippen molar-refractivity contribution >= 4 is 40.9 Å². The molecule has 3 fully saturated rings. The number of likely N-dealkylation sites (tertiary alicyclic amines) is 1. The summed E-state index contributed by atoms with van der Waals surface area (Å²) in [5.74, 6) is -0.966. The topological polar surface area (TPSA) is 108 Å². The van der Waals surface area contributed by atoms with Crippen molar-refractivity contribution in [1.82, 2.24) is 4.90 Å². The van der Waals surface area contributed by atoms with Crippen LogP contribution in [0.4, 0.5) is 11.4 Å². The minimum atomic E-state index is -0.704. The van der Waals surface area contributed by atoms with Gasteiger partial charge in [0.05, 0.1) is 23.2 Å². The quantitative estimate of drug-likeness (QED) is 0.450. The molecule has 3 heterocycles. The van der Waals surface area contributed by atoms with Crippen LogP contribution in [0.3, 0.4) is 0 Å². The number of fused-ring (bicyclic) bond motifs is 1. The van der Waals surface area contributed by atoms with Crippen LogP contribution in [0.1, 0.15) is 37.3 Å². The lowest BCUT2D eigenvalue weighted by molar-refractivity contribution is -0.138. The molecule has 0 aromatic heterocycles. The van der Waals surface area contributed by atoms with E-state index in [1.54, 1.807) is 40.9 Å². The van der Waals surface area contributed by atoms with Crippen molar-refractivity contribution in [1.29, 1.82) is 0 Å². The lowest BCUT2D eigenvalue weighted by atomic mass is 9.70. The van der Waals surface area contributed by atoms with E-state index in [9.17, 15) is 19.5 Å². The maximum absolute atomic E-state index is 13.9. The van der Waals surface area contributed by atoms with Crippen molar-refractivity contribution in [2.24, 2.45) is 11.8 Å². The Balaban J connectivity index is 1.42. The highest BCUT2D eigenvalue weighted by Gasteiger charge is 2.73. The summed E-state index contributed by atoms with van der Waals surface area (Å²) in [6.45, 7) is 6.58. The van der Waals surface area contributed by atoms with E-state index < -0.39 is 22.6 Å². The van der Waals surface area contributed by atoms with E-state index in [1.807, 2.05) is 39.0 Å². The number of nitrogens with one attached hydrogen (secondary N) is 2. The van der Waals surface area contributed by atoms with Crippen LogP contribution in [0.2, 0.25) is 0 Å². The van der Waals surface area contributed by atoms with Crippen molar-refractivity contribution < 1.29 is 24.2 Å². The number of rotatable bonds is 9. The van der Waals surface area contributed by atoms with E-state index in [1.165, 1.54) is 0 Å². The number of aliphatic hydroxyl groups excluding tert-OH is 1. The zero-order valence-electron chi connectivity index (χ0n) is 22.0. The summed E-state index contributed by atoms with van der Waals surface area (Å²) in [4.78, 5) is 43.0. The fourth-order valence-corrected chi connectivity index (χ4v) is 8.55. The van der Waals surface area contributed by atoms with Gasteiger partial charge in [0.2, 0.25) is 17.7 Å². The highest BCUT2D eigenvalue weighted by molar-refractivity contribution is 8.02. The number of nitrogens with zero attached hydrogens (tertiary/aromatic N) is 1. The molecule has 2 bridgehead atoms. The molecule has 3 aliphatic heterocycles. The number of carbonyl (C=O) groups excluding carboxylic acids is 3. The van der Waals surface area contributed by atoms with Crippen molar-refractivity contribution in [3.63, 3.8) is 0 Å². The molecular formula is C29H35N3O5S. The van der Waals surface area contributed by atoms with Crippen LogP contribution >= 0.6 is 11.8 Å². The first-order chi connectivity index (χ1) is 18.3. The highest BCUT2D eigenvalue weighted by Crippen LogP contribution is 2.66. The van der Waals surface area contributed by atoms with Gasteiger partial charge in [-0.05, 0) is 81.5 Å². The first kappa shape index (κ1) is 26.6. The van der Waals surface area contributed by atoms with Gasteiger partial charge in [0.15, 0.2) is 0 Å². The van der Waals surface area contributed by atoms with Gasteiger partial charge in [-0.3, -0.25) is 14.4 Å². The van der Waals surface area contributed by atoms with Crippen molar-refractivity contribution in [3.8, 4) is 5.75 Å². The van der Waals surface area contributed by atoms with Crippen LogP contribution in [0, 0.1) is 25.7 Å². The smallest absolute Gasteiger partial charge is 0.248 e. The standard InChI is InChI=1S/C29H35N3O5S/c1-4-37-20-10-8-19(9-11-20)30-26(34)23-22-12-13-29(38-22)24(23)28(36)32(14-5-15-33)25(29)27(35)31-21-16-17(2)6-7-18(21)3/h6-11,16,22-25,33H,4-5,12-15H2,1-3H3,(H,30,34)(H,31,35)/t22-,23+,24+,25?,29?/m1/s1. The average Bonchev–Trinajstić information content (AvgIpc) is 3.53. The van der Waals surface area contributed by atoms with Crippen molar-refractivity contribution in [3.05, 3.63) is 53.6 Å². The molecule has 5 atom stereocenters. The summed E-state index contributed by atoms with van der Waals surface area (Å²) in [7, 11) is 0. The molecule has 3 N–H and O–H groups in total. The predicted molar refractivity (Wildman–Crippen MR) is 148 cm³/mol. The molecule has 5 rings (SSSR count). The number of ether oxygens (including phenoxy) is 1. The molecule has 2 aromatic rings. The molecule has 202 valence electrons. The van der Waals surface area contributed by atoms with Gasteiger partial charge in [-0.2, -0.15) is 0 Å². The number of carbonyl (C=O) groups is 3. The molecule has 3 amide bonds. The van der Waals surface area contributed by atoms with Gasteiger partial charge in [0, 0.05) is 29.8 Å². The molecule has 9 heteroatoms. The summed E-state index contributed by atoms with van der Waals surface area (Å²) >= 11 is 1.63. The Labute approximate surface area is 227 Å². The third kappa shape index (κ3) is 4.56. The maximum Gasteiger partial charge on any atom is 0.248 e. The summed E-state index contributed by atoms with van der Waals surface area (Å²) in [6.07, 6.45) is 1.85. The molecule has 0 aliphatic carbocycles. The van der Waals surface area contributed by atoms with Crippen LogP contribution in [0.15, 0.2) is 42.5 Å². The minimum absolute atomic E-state index is 0.0253. The number of benzene rings is 2. The molecule has 2 aromatic carbocycles. The summed E-state index contributed by atoms with van der Waals surface area (Å²) in [6, 6.07) is 12.4. The first-order valence-corrected chi connectivity index (χ1v) is 14.2. The molecule has 38 heavy (non-hydrogen) atoms. The Morgan fingerprint density at radius 3 is 2.61 bits per heavy atom. The fraction of sp³-hybridized carbons (Fsp3) is 0.483. The molecule has 3 saturated heterocycles. The number of aliphatic hydroxyl groups is 1. The SMILES string of the molecule is CCOc1ccc(NC(=O)[C@@H]2[C@H]3C(=O)N(CCCO)C(C(=O)Nc4cc(C)ccc4C)C34CC[C@H]2S4)cc1. The number of anilines is 2. The van der Waals surface area contributed by atoms with Crippen molar-refractivity contribution in [2.45, 2.75) is 56.1 Å². The Morgan fingerprint density at radius 1 is 1.13 bits per heavy atom. The van der Waals surface area contributed by atoms with Gasteiger partial charge in [-0.1, -0.05) is 12.1 Å². The predicted octanol–water partition coefficient (Wildman–Crippen LogP) is 3.75. The van der Waals surface area contributed by atoms with Crippen LogP contribution in [0.5, 0.6) is 5.75 Å². The Bertz CT molecular complexity index is 1240. The summed E-state index contributed by atoms with van der Waals surface area (Å²) < 4.78 is 4.82. The van der Waals surface area contributed by atoms with Gasteiger partial charge < -0.3 is 25.4 Å². The average molecular weight is 538 g/mol. The van der Waals surface area contributed by atoms with Crippen LogP contribution in [-0.4, -0.2) is 63.5 Å². The van der Waals surface area contributed by atoms with Gasteiger partial charge in [-0.15, -0.1) is 11.8 Å². The van der Waals surface area contributed by atoms with Crippen LogP contribution in [-0.2, 0) is 14.4 Å². The van der Waals surface area contributed by atoms with E-state index in [4.69, 9.17) is 4.74 Å². The molecule has 0 saturated carbocycles. The zero-order chi connectivity index (χ0) is 27.0. The summed E-state index contributed by atoms with van der Waals surface area (Å²) in [5, 5.41) is 15.6. The lowest BCUT2D eigenvalue weighted by Crippen LogP contribution is -2.51. The second-order valence-corrected chi connectivity index (χ2v) is 12.0. The molecule has 2 unspecified atom stereocenters. The first-order valence-electron chi connectivity index (χ1n) is 13.3. The van der Waals surface area contributed by atoms with Gasteiger partial charge in [0.1, 0.15) is 11.8 Å². The number of hydrogen-bond acceptors (Lipinski definition) is 6. The molecule has 3 aliphatic rings. The number of hydrogen-bond donors (Lipinski definition) is 3. The van der Waals surface area contributed by atoms with E-state index in [0.29, 0.717) is 25.1 Å². The van der Waals surface area contributed by atoms with E-state index >= 15 is 0 Å². The van der Waals surface area contributed by atoms with E-state index in [2.05, 4.69) is 10.6 Å². The monoisotopic (exact) mass is 537 g/mol. The van der Waals surface area contributed by atoms with Crippen LogP contribution in [0.25, 0.3) is 0 Å². The third-order valence-corrected chi connectivity index (χ3v) is 9.94. The van der Waals surface area contributed by atoms with Gasteiger partial charge >= 0.3 is 0 Å². The fourth-order valence-electron chi connectivity index (χ4n) is 6.33. The summed E-state index contributed by atoms with van der Waals surface area (Å²) in [5.41, 5.74) is 3.35. The highest BCUT2D eigenvalue weighted by atomic mass is 32.2. The largest absolute Gasteiger partial charge is 0.494 e. The molecule has 8 nitrogen and oxygen atoms in total. The number of amides is 3. The second kappa shape index (κ2) is 10.6. The normalized spacial score (nSPS) is 27.4. The lowest BCUT2D eigenvalue weighted by Gasteiger charge is -2.34. The Morgan fingerprint density at radius 2 is 1.89 bits per heavy atom. The maximum atomic E-state index is 13.9. The van der Waals surface area contributed by atoms with Gasteiger partial charge in [0.25, 0.3) is 0 Å². The number of aryl methyl sites for hydroxylation is 2. The second-order valence-electron chi connectivity index (χ2n) is 10.4. The van der Waals surface area contributed by atoms with Crippen molar-refractivity contribution in [2.75, 3.05) is 30.4 Å².